The van der Waals surface area contributed by atoms with E-state index >= 15 is 0 Å². The Morgan fingerprint density at radius 3 is 1.00 bits per heavy atom. The van der Waals surface area contributed by atoms with Crippen LogP contribution in [0.15, 0.2) is 35.4 Å². The molecule has 0 spiro atoms. The minimum absolute atomic E-state index is 0. The molecular weight excluding hydrogens is 336 g/mol. The normalized spacial score (nSPS) is 15.7. The Morgan fingerprint density at radius 2 is 0.786 bits per heavy atom. The predicted octanol–water partition coefficient (Wildman–Crippen LogP) is 9.48. The highest BCUT2D eigenvalue weighted by Gasteiger charge is 2.30. The lowest BCUT2D eigenvalue weighted by Crippen LogP contribution is -2.21. The monoisotopic (exact) mass is 386 g/mol. The number of benzene rings is 1. The van der Waals surface area contributed by atoms with Crippen LogP contribution in [0.2, 0.25) is 0 Å². The summed E-state index contributed by atoms with van der Waals surface area (Å²) < 4.78 is 0. The number of hydrogen-bond acceptors (Lipinski definition) is 0. The smallest absolute Gasteiger partial charge is 0.0129 e. The molecule has 0 amide bonds. The molecule has 162 valence electrons. The van der Waals surface area contributed by atoms with Crippen LogP contribution in [0, 0.1) is 10.8 Å². The van der Waals surface area contributed by atoms with E-state index in [1.165, 1.54) is 30.4 Å². The van der Waals surface area contributed by atoms with Gasteiger partial charge >= 0.3 is 0 Å². The van der Waals surface area contributed by atoms with Crippen LogP contribution in [-0.2, 0) is 10.8 Å². The Morgan fingerprint density at radius 1 is 0.500 bits per heavy atom. The van der Waals surface area contributed by atoms with Crippen molar-refractivity contribution >= 4 is 0 Å². The zero-order valence-corrected chi connectivity index (χ0v) is 20.4. The van der Waals surface area contributed by atoms with Gasteiger partial charge in [0.1, 0.15) is 0 Å². The Hall–Kier alpha value is -1.04. The van der Waals surface area contributed by atoms with Crippen molar-refractivity contribution in [1.29, 1.82) is 0 Å². The van der Waals surface area contributed by atoms with E-state index in [-0.39, 0.29) is 18.3 Å². The lowest BCUT2D eigenvalue weighted by Gasteiger charge is -2.29. The van der Waals surface area contributed by atoms with Gasteiger partial charge in [0.2, 0.25) is 0 Å². The van der Waals surface area contributed by atoms with E-state index in [4.69, 9.17) is 0 Å². The molecule has 0 bridgehead atoms. The van der Waals surface area contributed by atoms with Crippen molar-refractivity contribution in [2.45, 2.75) is 121 Å². The van der Waals surface area contributed by atoms with Gasteiger partial charge in [0.15, 0.2) is 0 Å². The van der Waals surface area contributed by atoms with E-state index in [0.29, 0.717) is 10.8 Å². The molecule has 0 atom stereocenters. The van der Waals surface area contributed by atoms with Crippen molar-refractivity contribution in [2.24, 2.45) is 10.8 Å². The van der Waals surface area contributed by atoms with Gasteiger partial charge in [-0.15, -0.1) is 0 Å². The van der Waals surface area contributed by atoms with Crippen LogP contribution in [0.4, 0.5) is 0 Å². The molecule has 0 heterocycles. The number of hydrogen-bond donors (Lipinski definition) is 0. The van der Waals surface area contributed by atoms with Crippen LogP contribution >= 0.6 is 0 Å². The standard InChI is InChI=1S/C14H22.C13H24.CH4/c1-13(2,3)11-9-7-8-10-12(11)14(4,5)6;1-12(2,3)10-8-7-9-11(10)13(4,5)6;/h7-10H,1-6H3;7-9H2,1-6H3;1H4. The third-order valence-electron chi connectivity index (χ3n) is 5.57. The van der Waals surface area contributed by atoms with Crippen molar-refractivity contribution < 1.29 is 0 Å². The zero-order valence-electron chi connectivity index (χ0n) is 20.4. The van der Waals surface area contributed by atoms with Gasteiger partial charge in [-0.2, -0.15) is 0 Å². The molecule has 0 aliphatic heterocycles. The van der Waals surface area contributed by atoms with Crippen LogP contribution in [-0.4, -0.2) is 0 Å². The van der Waals surface area contributed by atoms with E-state index in [1.54, 1.807) is 11.1 Å². The third-order valence-corrected chi connectivity index (χ3v) is 5.57. The number of rotatable bonds is 0. The Balaban J connectivity index is 0.000000504. The maximum Gasteiger partial charge on any atom is -0.0129 e. The molecule has 28 heavy (non-hydrogen) atoms. The minimum Gasteiger partial charge on any atom is -0.0776 e. The molecule has 0 unspecified atom stereocenters. The summed E-state index contributed by atoms with van der Waals surface area (Å²) in [5.41, 5.74) is 7.63. The Labute approximate surface area is 178 Å². The van der Waals surface area contributed by atoms with Gasteiger partial charge < -0.3 is 0 Å². The van der Waals surface area contributed by atoms with E-state index in [9.17, 15) is 0 Å². The first-order valence-electron chi connectivity index (χ1n) is 10.8. The highest BCUT2D eigenvalue weighted by molar-refractivity contribution is 5.37. The van der Waals surface area contributed by atoms with Crippen molar-refractivity contribution in [3.63, 3.8) is 0 Å². The Kier molecular flexibility index (Phi) is 8.84. The summed E-state index contributed by atoms with van der Waals surface area (Å²) in [5.74, 6) is 0. The second kappa shape index (κ2) is 9.19. The van der Waals surface area contributed by atoms with Crippen molar-refractivity contribution in [2.75, 3.05) is 0 Å². The summed E-state index contributed by atoms with van der Waals surface area (Å²) >= 11 is 0. The van der Waals surface area contributed by atoms with E-state index in [0.717, 1.165) is 0 Å². The van der Waals surface area contributed by atoms with Crippen molar-refractivity contribution in [1.82, 2.24) is 0 Å². The lowest BCUT2D eigenvalue weighted by molar-refractivity contribution is 0.445. The van der Waals surface area contributed by atoms with Crippen LogP contribution in [0.25, 0.3) is 0 Å². The summed E-state index contributed by atoms with van der Waals surface area (Å²) in [6.07, 6.45) is 4.03. The quantitative estimate of drug-likeness (QED) is 0.389. The van der Waals surface area contributed by atoms with E-state index in [2.05, 4.69) is 107 Å². The maximum absolute atomic E-state index is 2.35. The molecule has 0 heteroatoms. The van der Waals surface area contributed by atoms with Gasteiger partial charge in [0, 0.05) is 0 Å². The Bertz CT molecular complexity index is 586. The van der Waals surface area contributed by atoms with Gasteiger partial charge in [-0.3, -0.25) is 0 Å². The first-order chi connectivity index (χ1) is 12.0. The maximum atomic E-state index is 2.35. The summed E-state index contributed by atoms with van der Waals surface area (Å²) in [6, 6.07) is 8.77. The fourth-order valence-electron chi connectivity index (χ4n) is 4.19. The second-order valence-electron chi connectivity index (χ2n) is 12.4. The van der Waals surface area contributed by atoms with Gasteiger partial charge in [-0.1, -0.05) is 126 Å². The molecular formula is C28H50. The van der Waals surface area contributed by atoms with Crippen LogP contribution < -0.4 is 0 Å². The largest absolute Gasteiger partial charge is 0.0776 e. The fraction of sp³-hybridized carbons (Fsp3) is 0.714. The lowest BCUT2D eigenvalue weighted by atomic mass is 9.75. The fourth-order valence-corrected chi connectivity index (χ4v) is 4.19. The SMILES string of the molecule is C.CC(C)(C)C1=C(C(C)(C)C)CCC1.CC(C)(C)c1ccccc1C(C)(C)C. The molecule has 0 fully saturated rings. The molecule has 0 aromatic heterocycles. The van der Waals surface area contributed by atoms with Gasteiger partial charge in [-0.05, 0) is 52.0 Å². The van der Waals surface area contributed by atoms with E-state index < -0.39 is 0 Å². The third kappa shape index (κ3) is 7.41. The summed E-state index contributed by atoms with van der Waals surface area (Å²) in [4.78, 5) is 0. The average Bonchev–Trinajstić information content (AvgIpc) is 2.96. The minimum atomic E-state index is 0. The van der Waals surface area contributed by atoms with Crippen molar-refractivity contribution in [3.8, 4) is 0 Å². The van der Waals surface area contributed by atoms with Crippen LogP contribution in [0.3, 0.4) is 0 Å². The van der Waals surface area contributed by atoms with E-state index in [1.807, 2.05) is 0 Å². The molecule has 1 aliphatic rings. The summed E-state index contributed by atoms with van der Waals surface area (Å²) in [5, 5.41) is 0. The molecule has 2 rings (SSSR count). The highest BCUT2D eigenvalue weighted by Crippen LogP contribution is 2.45. The molecule has 0 N–H and O–H groups in total. The first kappa shape index (κ1) is 27.0. The molecule has 0 saturated carbocycles. The van der Waals surface area contributed by atoms with Crippen LogP contribution in [0.1, 0.15) is 121 Å². The second-order valence-corrected chi connectivity index (χ2v) is 12.4. The predicted molar refractivity (Wildman–Crippen MR) is 130 cm³/mol. The number of allylic oxidation sites excluding steroid dienone is 2. The van der Waals surface area contributed by atoms with Crippen molar-refractivity contribution in [3.05, 3.63) is 46.5 Å². The highest BCUT2D eigenvalue weighted by atomic mass is 14.4. The zero-order chi connectivity index (χ0) is 21.3. The molecule has 1 aliphatic carbocycles. The average molecular weight is 387 g/mol. The van der Waals surface area contributed by atoms with Gasteiger partial charge in [0.05, 0.1) is 0 Å². The first-order valence-corrected chi connectivity index (χ1v) is 10.8. The van der Waals surface area contributed by atoms with Crippen LogP contribution in [0.5, 0.6) is 0 Å². The molecule has 0 radical (unpaired) electrons. The summed E-state index contributed by atoms with van der Waals surface area (Å²) in [6.45, 7) is 27.7. The molecule has 1 aromatic carbocycles. The van der Waals surface area contributed by atoms with Gasteiger partial charge in [-0.25, -0.2) is 0 Å². The topological polar surface area (TPSA) is 0 Å². The molecule has 0 saturated heterocycles. The summed E-state index contributed by atoms with van der Waals surface area (Å²) in [7, 11) is 0. The molecule has 1 aromatic rings. The molecule has 0 nitrogen and oxygen atoms in total. The van der Waals surface area contributed by atoms with Gasteiger partial charge in [0.25, 0.3) is 0 Å².